The molecule has 368 valence electrons. The van der Waals surface area contributed by atoms with Crippen LogP contribution in [-0.4, -0.2) is 37.4 Å². The number of benzene rings is 5. The van der Waals surface area contributed by atoms with Crippen LogP contribution in [-0.2, 0) is 103 Å². The van der Waals surface area contributed by atoms with Crippen LogP contribution in [0.25, 0.3) is 0 Å². The third-order valence-corrected chi connectivity index (χ3v) is 15.2. The highest BCUT2D eigenvalue weighted by Crippen LogP contribution is 2.41. The van der Waals surface area contributed by atoms with E-state index in [1.54, 1.807) is 6.08 Å². The minimum absolute atomic E-state index is 0.0133. The molecule has 22 heteroatoms. The number of hydrogen-bond donors (Lipinski definition) is 3. The molecule has 0 atom stereocenters. The van der Waals surface area contributed by atoms with Crippen LogP contribution in [0.15, 0.2) is 71.7 Å². The van der Waals surface area contributed by atoms with Crippen LogP contribution < -0.4 is 15.2 Å². The summed E-state index contributed by atoms with van der Waals surface area (Å²) >= 11 is 16.6. The molecule has 4 aliphatic carbocycles. The van der Waals surface area contributed by atoms with Gasteiger partial charge in [0, 0.05) is 48.1 Å². The number of hydrogen-bond acceptors (Lipinski definition) is 9. The van der Waals surface area contributed by atoms with E-state index in [1.807, 2.05) is 4.72 Å². The Morgan fingerprint density at radius 2 is 0.957 bits per heavy atom. The van der Waals surface area contributed by atoms with Crippen molar-refractivity contribution in [1.29, 1.82) is 0 Å². The van der Waals surface area contributed by atoms with Crippen LogP contribution in [0.3, 0.4) is 0 Å². The number of carbonyl (C=O) groups is 1. The largest absolute Gasteiger partial charge is 0.332 e. The summed E-state index contributed by atoms with van der Waals surface area (Å²) in [6.45, 7) is 0. The normalized spacial score (nSPS) is 14.3. The van der Waals surface area contributed by atoms with E-state index < -0.39 is 69.8 Å². The predicted octanol–water partition coefficient (Wildman–Crippen LogP) is 10.6. The summed E-state index contributed by atoms with van der Waals surface area (Å²) in [5.74, 6) is -3.75. The van der Waals surface area contributed by atoms with Gasteiger partial charge in [0.15, 0.2) is 0 Å². The van der Waals surface area contributed by atoms with Crippen molar-refractivity contribution in [3.8, 4) is 0 Å². The number of amides is 2. The Morgan fingerprint density at radius 1 is 0.580 bits per heavy atom. The second-order valence-electron chi connectivity index (χ2n) is 16.7. The number of carbonyl (C=O) groups excluding carboxylic acids is 2. The molecule has 0 heterocycles. The molecule has 4 N–H and O–H groups in total. The van der Waals surface area contributed by atoms with E-state index in [0.29, 0.717) is 0 Å². The van der Waals surface area contributed by atoms with Crippen molar-refractivity contribution in [3.05, 3.63) is 160 Å². The fourth-order valence-corrected chi connectivity index (χ4v) is 11.9. The third kappa shape index (κ3) is 15.3. The SMILES string of the molecule is NS(=O)(=O)Cc1ccc(Cl)cc1F.O=C(Nc1c2c(cc3c1CCC3)CCC2)NS(=O)(=O)Cc1ccc(Cl)cc1F.O=C=Nc1c2c(cc3c1CCC3)CCC2.O=S(=O)(Cl)Cc1ccc(Cl)cc1F. The van der Waals surface area contributed by atoms with Gasteiger partial charge in [0.1, 0.15) is 17.5 Å². The number of halogens is 7. The molecule has 5 aromatic rings. The smallest absolute Gasteiger partial charge is 0.307 e. The molecule has 0 radical (unpaired) electrons. The number of aliphatic imine (C=N–C) groups is 1. The van der Waals surface area contributed by atoms with Crippen molar-refractivity contribution < 1.29 is 48.0 Å². The molecule has 0 aromatic heterocycles. The number of primary sulfonamides is 1. The molecule has 12 nitrogen and oxygen atoms in total. The minimum atomic E-state index is -4.06. The van der Waals surface area contributed by atoms with Crippen LogP contribution in [0.5, 0.6) is 0 Å². The summed E-state index contributed by atoms with van der Waals surface area (Å²) in [6, 6.07) is 15.0. The minimum Gasteiger partial charge on any atom is -0.307 e. The Kier molecular flexibility index (Phi) is 18.1. The van der Waals surface area contributed by atoms with Crippen LogP contribution >= 0.6 is 45.5 Å². The first-order valence-corrected chi connectivity index (χ1v) is 28.4. The van der Waals surface area contributed by atoms with Crippen molar-refractivity contribution in [2.24, 2.45) is 10.1 Å². The van der Waals surface area contributed by atoms with E-state index in [0.717, 1.165) is 105 Å². The number of nitrogens with two attached hydrogens (primary N) is 1. The third-order valence-electron chi connectivity index (χ3n) is 11.6. The summed E-state index contributed by atoms with van der Waals surface area (Å²) < 4.78 is 109. The molecule has 0 saturated heterocycles. The number of aryl methyl sites for hydroxylation is 4. The Balaban J connectivity index is 0.000000162. The molecule has 0 unspecified atom stereocenters. The standard InChI is InChI=1S/C20H20ClFN2O3S.C13H13NO.C7H5Cl2FO2S.C7H7ClFNO2S/c21-15-8-7-14(18(22)10-15)11-28(26,27)24-20(25)23-19-16-5-1-3-12(16)9-13-4-2-6-17(13)19;15-8-14-13-11-5-1-3-9(11)7-10-4-2-6-12(10)13;8-6-2-1-5(7(10)3-6)4-13(9,11)12;8-6-2-1-5(7(9)3-6)4-13(10,11)12/h7-10H,1-6,11H2,(H2,23,24,25);7H,1-6H2;1-3H,4H2;1-3H,4H2,(H2,10,11,12). The number of rotatable bonds is 9. The van der Waals surface area contributed by atoms with Crippen molar-refractivity contribution in [1.82, 2.24) is 4.72 Å². The Labute approximate surface area is 418 Å². The van der Waals surface area contributed by atoms with Gasteiger partial charge in [-0.15, -0.1) is 0 Å². The number of isocyanates is 1. The average molecular weight is 1090 g/mol. The molecule has 9 rings (SSSR count). The zero-order valence-corrected chi connectivity index (χ0v) is 42.1. The van der Waals surface area contributed by atoms with Gasteiger partial charge in [0.25, 0.3) is 0 Å². The molecule has 0 fully saturated rings. The molecule has 69 heavy (non-hydrogen) atoms. The second kappa shape index (κ2) is 23.2. The number of fused-ring (bicyclic) bond motifs is 4. The van der Waals surface area contributed by atoms with Gasteiger partial charge in [-0.1, -0.05) is 65.1 Å². The average Bonchev–Trinajstić information content (AvgIpc) is 4.09. The Bertz CT molecular complexity index is 3050. The summed E-state index contributed by atoms with van der Waals surface area (Å²) in [7, 11) is -6.53. The predicted molar refractivity (Wildman–Crippen MR) is 263 cm³/mol. The maximum absolute atomic E-state index is 13.9. The Morgan fingerprint density at radius 3 is 1.33 bits per heavy atom. The van der Waals surface area contributed by atoms with Crippen LogP contribution in [0, 0.1) is 17.5 Å². The lowest BCUT2D eigenvalue weighted by Crippen LogP contribution is -2.35. The second-order valence-corrected chi connectivity index (χ2v) is 24.1. The molecule has 4 aliphatic rings. The van der Waals surface area contributed by atoms with Crippen molar-refractivity contribution >= 4 is 98.1 Å². The highest BCUT2D eigenvalue weighted by molar-refractivity contribution is 8.13. The summed E-state index contributed by atoms with van der Waals surface area (Å²) in [4.78, 5) is 26.9. The number of nitrogens with zero attached hydrogens (tertiary/aromatic N) is 1. The maximum Gasteiger partial charge on any atom is 0.332 e. The molecule has 2 amide bonds. The van der Waals surface area contributed by atoms with Gasteiger partial charge in [0.05, 0.1) is 22.9 Å². The van der Waals surface area contributed by atoms with E-state index in [9.17, 15) is 48.0 Å². The fraction of sp³-hybridized carbons (Fsp3) is 0.319. The van der Waals surface area contributed by atoms with Crippen LogP contribution in [0.4, 0.5) is 29.3 Å². The molecule has 0 aliphatic heterocycles. The quantitative estimate of drug-likeness (QED) is 0.0736. The van der Waals surface area contributed by atoms with Gasteiger partial charge in [-0.05, 0) is 158 Å². The van der Waals surface area contributed by atoms with Gasteiger partial charge in [-0.25, -0.2) is 57.9 Å². The fourth-order valence-electron chi connectivity index (χ4n) is 8.77. The van der Waals surface area contributed by atoms with E-state index in [-0.39, 0.29) is 31.8 Å². The molecule has 0 saturated carbocycles. The molecule has 0 bridgehead atoms. The van der Waals surface area contributed by atoms with Gasteiger partial charge < -0.3 is 5.32 Å². The topological polar surface area (TPSA) is 199 Å². The first kappa shape index (κ1) is 53.9. The van der Waals surface area contributed by atoms with E-state index in [2.05, 4.69) is 22.4 Å². The van der Waals surface area contributed by atoms with E-state index in [4.69, 9.17) is 50.6 Å². The lowest BCUT2D eigenvalue weighted by molar-refractivity contribution is 0.256. The lowest BCUT2D eigenvalue weighted by Gasteiger charge is -2.16. The monoisotopic (exact) mass is 1090 g/mol. The molecular weight excluding hydrogens is 1040 g/mol. The highest BCUT2D eigenvalue weighted by atomic mass is 35.7. The van der Waals surface area contributed by atoms with Crippen LogP contribution in [0.2, 0.25) is 15.1 Å². The highest BCUT2D eigenvalue weighted by Gasteiger charge is 2.27. The first-order valence-electron chi connectivity index (χ1n) is 21.5. The van der Waals surface area contributed by atoms with Gasteiger partial charge in [-0.2, -0.15) is 4.99 Å². The molecular formula is C47H45Cl4F3N4O8S3. The van der Waals surface area contributed by atoms with Gasteiger partial charge in [0.2, 0.25) is 35.2 Å². The molecule has 5 aromatic carbocycles. The zero-order valence-electron chi connectivity index (χ0n) is 36.6. The lowest BCUT2D eigenvalue weighted by atomic mass is 9.99. The van der Waals surface area contributed by atoms with Gasteiger partial charge in [-0.3, -0.25) is 0 Å². The van der Waals surface area contributed by atoms with Gasteiger partial charge >= 0.3 is 6.03 Å². The summed E-state index contributed by atoms with van der Waals surface area (Å²) in [6.07, 6.45) is 14.4. The van der Waals surface area contributed by atoms with Crippen molar-refractivity contribution in [2.45, 2.75) is 94.3 Å². The van der Waals surface area contributed by atoms with Crippen molar-refractivity contribution in [3.63, 3.8) is 0 Å². The van der Waals surface area contributed by atoms with Crippen molar-refractivity contribution in [2.75, 3.05) is 5.32 Å². The Hall–Kier alpha value is -4.49. The number of sulfonamides is 2. The number of nitrogens with one attached hydrogen (secondary N) is 2. The number of anilines is 1. The van der Waals surface area contributed by atoms with Crippen LogP contribution in [0.1, 0.15) is 86.9 Å². The number of urea groups is 1. The first-order chi connectivity index (χ1) is 32.5. The zero-order chi connectivity index (χ0) is 50.3. The maximum atomic E-state index is 13.9. The van der Waals surface area contributed by atoms with E-state index >= 15 is 0 Å². The molecule has 0 spiro atoms. The van der Waals surface area contributed by atoms with E-state index in [1.165, 1.54) is 82.6 Å². The summed E-state index contributed by atoms with van der Waals surface area (Å²) in [5.41, 5.74) is 11.9. The summed E-state index contributed by atoms with van der Waals surface area (Å²) in [5, 5.41) is 8.12.